The molecule has 1 amide bonds. The average Bonchev–Trinajstić information content (AvgIpc) is 2.72. The van der Waals surface area contributed by atoms with Crippen molar-refractivity contribution in [2.24, 2.45) is 11.8 Å². The highest BCUT2D eigenvalue weighted by Crippen LogP contribution is 2.25. The third-order valence-electron chi connectivity index (χ3n) is 5.90. The van der Waals surface area contributed by atoms with Crippen molar-refractivity contribution in [1.29, 1.82) is 0 Å². The Morgan fingerprint density at radius 2 is 1.70 bits per heavy atom. The fraction of sp³-hybridized carbons (Fsp3) is 0.682. The summed E-state index contributed by atoms with van der Waals surface area (Å²) >= 11 is 0. The van der Waals surface area contributed by atoms with Gasteiger partial charge in [0.05, 0.1) is 6.61 Å². The Labute approximate surface area is 170 Å². The molecule has 1 aromatic carbocycles. The fourth-order valence-corrected chi connectivity index (χ4v) is 4.13. The minimum absolute atomic E-state index is 0. The summed E-state index contributed by atoms with van der Waals surface area (Å²) in [6.45, 7) is 6.79. The molecule has 5 heteroatoms. The van der Waals surface area contributed by atoms with E-state index in [1.165, 1.54) is 32.1 Å². The van der Waals surface area contributed by atoms with Crippen molar-refractivity contribution < 1.29 is 9.53 Å². The molecule has 1 N–H and O–H groups in total. The molecule has 1 aliphatic carbocycles. The Morgan fingerprint density at radius 1 is 1.04 bits per heavy atom. The second-order valence-corrected chi connectivity index (χ2v) is 7.88. The van der Waals surface area contributed by atoms with Crippen LogP contribution in [-0.4, -0.2) is 43.6 Å². The topological polar surface area (TPSA) is 41.6 Å². The molecule has 1 aromatic rings. The molecule has 152 valence electrons. The lowest BCUT2D eigenvalue weighted by Gasteiger charge is -2.32. The molecular weight excluding hydrogens is 360 g/mol. The van der Waals surface area contributed by atoms with Gasteiger partial charge in [0.1, 0.15) is 5.75 Å². The third kappa shape index (κ3) is 6.69. The van der Waals surface area contributed by atoms with Crippen molar-refractivity contribution in [1.82, 2.24) is 10.2 Å². The minimum Gasteiger partial charge on any atom is -0.493 e. The number of likely N-dealkylation sites (tertiary alicyclic amines) is 1. The first-order valence-electron chi connectivity index (χ1n) is 10.5. The largest absolute Gasteiger partial charge is 0.493 e. The Bertz CT molecular complexity index is 550. The lowest BCUT2D eigenvalue weighted by molar-refractivity contribution is 0.0690. The molecule has 1 saturated carbocycles. The van der Waals surface area contributed by atoms with Crippen LogP contribution >= 0.6 is 12.4 Å². The number of carbonyl (C=O) groups excluding carboxylic acids is 1. The van der Waals surface area contributed by atoms with Crippen molar-refractivity contribution in [3.8, 4) is 5.75 Å². The molecular formula is C22H35ClN2O2. The van der Waals surface area contributed by atoms with Gasteiger partial charge in [0.25, 0.3) is 5.91 Å². The molecule has 1 heterocycles. The number of carbonyl (C=O) groups is 1. The number of hydrogen-bond acceptors (Lipinski definition) is 3. The van der Waals surface area contributed by atoms with Crippen LogP contribution in [0.25, 0.3) is 0 Å². The molecule has 0 spiro atoms. The summed E-state index contributed by atoms with van der Waals surface area (Å²) in [5.74, 6) is 2.45. The quantitative estimate of drug-likeness (QED) is 0.738. The zero-order valence-corrected chi connectivity index (χ0v) is 17.4. The summed E-state index contributed by atoms with van der Waals surface area (Å²) in [6.07, 6.45) is 8.84. The number of amides is 1. The van der Waals surface area contributed by atoms with Crippen LogP contribution in [0.1, 0.15) is 62.2 Å². The first-order valence-corrected chi connectivity index (χ1v) is 10.5. The van der Waals surface area contributed by atoms with Crippen molar-refractivity contribution in [2.75, 3.05) is 32.8 Å². The number of benzene rings is 1. The summed E-state index contributed by atoms with van der Waals surface area (Å²) in [7, 11) is 0. The number of hydrogen-bond donors (Lipinski definition) is 1. The molecule has 0 radical (unpaired) electrons. The summed E-state index contributed by atoms with van der Waals surface area (Å²) in [6, 6.07) is 7.74. The zero-order valence-electron chi connectivity index (χ0n) is 16.6. The highest BCUT2D eigenvalue weighted by atomic mass is 35.5. The van der Waals surface area contributed by atoms with Gasteiger partial charge in [0.15, 0.2) is 0 Å². The second-order valence-electron chi connectivity index (χ2n) is 7.88. The van der Waals surface area contributed by atoms with Crippen LogP contribution in [0, 0.1) is 11.8 Å². The van der Waals surface area contributed by atoms with E-state index in [0.29, 0.717) is 11.8 Å². The molecule has 1 aliphatic heterocycles. The number of piperidine rings is 1. The molecule has 2 fully saturated rings. The molecule has 0 aromatic heterocycles. The zero-order chi connectivity index (χ0) is 18.2. The summed E-state index contributed by atoms with van der Waals surface area (Å²) in [4.78, 5) is 14.7. The van der Waals surface area contributed by atoms with Crippen LogP contribution < -0.4 is 10.1 Å². The SMILES string of the molecule is CCNCC1CCN(C(=O)c2ccc(OCC3CCCCC3)cc2)CC1.Cl. The van der Waals surface area contributed by atoms with Gasteiger partial charge >= 0.3 is 0 Å². The van der Waals surface area contributed by atoms with Gasteiger partial charge in [-0.3, -0.25) is 4.79 Å². The van der Waals surface area contributed by atoms with E-state index >= 15 is 0 Å². The summed E-state index contributed by atoms with van der Waals surface area (Å²) in [5, 5.41) is 3.42. The average molecular weight is 395 g/mol. The standard InChI is InChI=1S/C22H34N2O2.ClH/c1-2-23-16-18-12-14-24(15-13-18)22(25)20-8-10-21(11-9-20)26-17-19-6-4-3-5-7-19;/h8-11,18-19,23H,2-7,12-17H2,1H3;1H. The maximum atomic E-state index is 12.7. The smallest absolute Gasteiger partial charge is 0.253 e. The Morgan fingerprint density at radius 3 is 2.33 bits per heavy atom. The van der Waals surface area contributed by atoms with Gasteiger partial charge in [0, 0.05) is 18.7 Å². The molecule has 27 heavy (non-hydrogen) atoms. The Balaban J connectivity index is 0.00000261. The molecule has 0 bridgehead atoms. The van der Waals surface area contributed by atoms with Crippen molar-refractivity contribution in [2.45, 2.75) is 51.9 Å². The van der Waals surface area contributed by atoms with E-state index in [1.807, 2.05) is 29.2 Å². The lowest BCUT2D eigenvalue weighted by atomic mass is 9.90. The predicted octanol–water partition coefficient (Wildman–Crippen LogP) is 4.53. The van der Waals surface area contributed by atoms with Gasteiger partial charge in [-0.25, -0.2) is 0 Å². The highest BCUT2D eigenvalue weighted by molar-refractivity contribution is 5.94. The molecule has 2 aliphatic rings. The number of nitrogens with zero attached hydrogens (tertiary/aromatic N) is 1. The second kappa shape index (κ2) is 11.6. The van der Waals surface area contributed by atoms with Gasteiger partial charge in [-0.05, 0) is 74.9 Å². The molecule has 0 atom stereocenters. The molecule has 4 nitrogen and oxygen atoms in total. The predicted molar refractivity (Wildman–Crippen MR) is 113 cm³/mol. The first kappa shape index (κ1) is 22.0. The van der Waals surface area contributed by atoms with E-state index in [4.69, 9.17) is 4.74 Å². The van der Waals surface area contributed by atoms with Crippen LogP contribution in [0.15, 0.2) is 24.3 Å². The van der Waals surface area contributed by atoms with E-state index < -0.39 is 0 Å². The van der Waals surface area contributed by atoms with Crippen molar-refractivity contribution in [3.63, 3.8) is 0 Å². The Kier molecular flexibility index (Phi) is 9.43. The van der Waals surface area contributed by atoms with E-state index in [0.717, 1.165) is 56.9 Å². The normalized spacial score (nSPS) is 18.8. The third-order valence-corrected chi connectivity index (χ3v) is 5.90. The van der Waals surface area contributed by atoms with Crippen LogP contribution in [-0.2, 0) is 0 Å². The maximum Gasteiger partial charge on any atom is 0.253 e. The van der Waals surface area contributed by atoms with Crippen LogP contribution in [0.5, 0.6) is 5.75 Å². The van der Waals surface area contributed by atoms with E-state index in [9.17, 15) is 4.79 Å². The molecule has 0 unspecified atom stereocenters. The minimum atomic E-state index is 0. The number of halogens is 1. The summed E-state index contributed by atoms with van der Waals surface area (Å²) in [5.41, 5.74) is 0.778. The van der Waals surface area contributed by atoms with E-state index in [2.05, 4.69) is 12.2 Å². The van der Waals surface area contributed by atoms with Gasteiger partial charge in [-0.2, -0.15) is 0 Å². The van der Waals surface area contributed by atoms with Gasteiger partial charge in [-0.1, -0.05) is 26.2 Å². The first-order chi connectivity index (χ1) is 12.8. The molecule has 3 rings (SSSR count). The Hall–Kier alpha value is -1.26. The van der Waals surface area contributed by atoms with Crippen LogP contribution in [0.4, 0.5) is 0 Å². The molecule has 1 saturated heterocycles. The van der Waals surface area contributed by atoms with Crippen molar-refractivity contribution >= 4 is 18.3 Å². The van der Waals surface area contributed by atoms with Crippen molar-refractivity contribution in [3.05, 3.63) is 29.8 Å². The monoisotopic (exact) mass is 394 g/mol. The highest BCUT2D eigenvalue weighted by Gasteiger charge is 2.23. The number of ether oxygens (including phenoxy) is 1. The van der Waals surface area contributed by atoms with Gasteiger partial charge in [0.2, 0.25) is 0 Å². The van der Waals surface area contributed by atoms with Gasteiger partial charge in [-0.15, -0.1) is 12.4 Å². The fourth-order valence-electron chi connectivity index (χ4n) is 4.13. The van der Waals surface area contributed by atoms with Crippen LogP contribution in [0.2, 0.25) is 0 Å². The van der Waals surface area contributed by atoms with Gasteiger partial charge < -0.3 is 15.0 Å². The maximum absolute atomic E-state index is 12.7. The number of rotatable bonds is 7. The summed E-state index contributed by atoms with van der Waals surface area (Å²) < 4.78 is 5.95. The van der Waals surface area contributed by atoms with E-state index in [1.54, 1.807) is 0 Å². The van der Waals surface area contributed by atoms with E-state index in [-0.39, 0.29) is 18.3 Å². The number of nitrogens with one attached hydrogen (secondary N) is 1. The lowest BCUT2D eigenvalue weighted by Crippen LogP contribution is -2.40. The van der Waals surface area contributed by atoms with Crippen LogP contribution in [0.3, 0.4) is 0 Å².